The Morgan fingerprint density at radius 1 is 1.04 bits per heavy atom. The fraction of sp³-hybridized carbons (Fsp3) is 0.188. The molecule has 1 saturated carbocycles. The Morgan fingerprint density at radius 2 is 1.74 bits per heavy atom. The number of nitrogens with one attached hydrogen (secondary N) is 2. The van der Waals surface area contributed by atoms with Crippen molar-refractivity contribution in [1.82, 2.24) is 10.3 Å². The van der Waals surface area contributed by atoms with Crippen molar-refractivity contribution in [3.8, 4) is 0 Å². The smallest absolute Gasteiger partial charge is 0.257 e. The molecule has 2 aromatic rings. The van der Waals surface area contributed by atoms with E-state index in [2.05, 4.69) is 15.6 Å². The number of pyridine rings is 1. The Labute approximate surface area is 143 Å². The summed E-state index contributed by atoms with van der Waals surface area (Å²) in [6.45, 7) is 0. The first kappa shape index (κ1) is 15.8. The molecule has 0 aliphatic heterocycles. The summed E-state index contributed by atoms with van der Waals surface area (Å²) in [5.74, 6) is -0.453. The second-order valence-electron chi connectivity index (χ2n) is 5.28. The molecule has 0 bridgehead atoms. The number of nitrogens with zero attached hydrogens (tertiary/aromatic N) is 1. The molecule has 118 valence electrons. The fourth-order valence-electron chi connectivity index (χ4n) is 1.95. The van der Waals surface area contributed by atoms with E-state index in [1.54, 1.807) is 24.3 Å². The van der Waals surface area contributed by atoms with Gasteiger partial charge in [-0.15, -0.1) is 0 Å². The Bertz CT molecular complexity index is 758. The molecule has 1 aliphatic carbocycles. The number of benzene rings is 1. The predicted octanol–water partition coefficient (Wildman–Crippen LogP) is 3.53. The maximum absolute atomic E-state index is 12.1. The molecular formula is C16H13Cl2N3O2. The molecule has 1 aromatic heterocycles. The van der Waals surface area contributed by atoms with Crippen molar-refractivity contribution in [3.63, 3.8) is 0 Å². The number of halogens is 2. The van der Waals surface area contributed by atoms with Crippen LogP contribution in [-0.4, -0.2) is 22.8 Å². The molecule has 1 aliphatic rings. The summed E-state index contributed by atoms with van der Waals surface area (Å²) < 4.78 is 0. The van der Waals surface area contributed by atoms with Gasteiger partial charge in [-0.1, -0.05) is 23.2 Å². The predicted molar refractivity (Wildman–Crippen MR) is 89.1 cm³/mol. The molecule has 23 heavy (non-hydrogen) atoms. The van der Waals surface area contributed by atoms with Gasteiger partial charge in [0.1, 0.15) is 5.15 Å². The van der Waals surface area contributed by atoms with Crippen molar-refractivity contribution >= 4 is 40.7 Å². The number of carbonyl (C=O) groups excluding carboxylic acids is 2. The topological polar surface area (TPSA) is 71.1 Å². The van der Waals surface area contributed by atoms with Crippen LogP contribution in [0.4, 0.5) is 5.69 Å². The molecule has 7 heteroatoms. The third-order valence-electron chi connectivity index (χ3n) is 3.38. The molecule has 1 heterocycles. The second-order valence-corrected chi connectivity index (χ2v) is 6.04. The van der Waals surface area contributed by atoms with Crippen molar-refractivity contribution < 1.29 is 9.59 Å². The van der Waals surface area contributed by atoms with Crippen molar-refractivity contribution in [3.05, 3.63) is 57.8 Å². The third kappa shape index (κ3) is 4.00. The Morgan fingerprint density at radius 3 is 2.35 bits per heavy atom. The average Bonchev–Trinajstić information content (AvgIpc) is 3.34. The summed E-state index contributed by atoms with van der Waals surface area (Å²) in [6, 6.07) is 8.43. The van der Waals surface area contributed by atoms with Gasteiger partial charge in [-0.25, -0.2) is 4.98 Å². The molecular weight excluding hydrogens is 337 g/mol. The first-order valence-corrected chi connectivity index (χ1v) is 7.82. The molecule has 1 fully saturated rings. The van der Waals surface area contributed by atoms with Crippen LogP contribution in [0.15, 0.2) is 36.5 Å². The first-order chi connectivity index (χ1) is 11.0. The van der Waals surface area contributed by atoms with Crippen LogP contribution in [0.1, 0.15) is 33.6 Å². The Kier molecular flexibility index (Phi) is 4.50. The summed E-state index contributed by atoms with van der Waals surface area (Å²) >= 11 is 11.6. The Balaban J connectivity index is 1.66. The average molecular weight is 350 g/mol. The molecule has 0 spiro atoms. The molecule has 0 unspecified atom stereocenters. The monoisotopic (exact) mass is 349 g/mol. The zero-order chi connectivity index (χ0) is 16.4. The van der Waals surface area contributed by atoms with Gasteiger partial charge in [0.2, 0.25) is 0 Å². The van der Waals surface area contributed by atoms with E-state index >= 15 is 0 Å². The van der Waals surface area contributed by atoms with Gasteiger partial charge in [0.05, 0.1) is 10.6 Å². The van der Waals surface area contributed by atoms with Crippen LogP contribution in [-0.2, 0) is 0 Å². The van der Waals surface area contributed by atoms with Crippen LogP contribution in [0.25, 0.3) is 0 Å². The van der Waals surface area contributed by atoms with Crippen molar-refractivity contribution in [1.29, 1.82) is 0 Å². The van der Waals surface area contributed by atoms with Gasteiger partial charge >= 0.3 is 0 Å². The Hall–Kier alpha value is -2.11. The highest BCUT2D eigenvalue weighted by molar-refractivity contribution is 6.41. The summed E-state index contributed by atoms with van der Waals surface area (Å²) in [5, 5.41) is 5.98. The van der Waals surface area contributed by atoms with Gasteiger partial charge < -0.3 is 10.6 Å². The van der Waals surface area contributed by atoms with Gasteiger partial charge in [-0.3, -0.25) is 9.59 Å². The van der Waals surface area contributed by atoms with Crippen LogP contribution < -0.4 is 10.6 Å². The van der Waals surface area contributed by atoms with E-state index in [1.807, 2.05) is 0 Å². The maximum Gasteiger partial charge on any atom is 0.257 e. The van der Waals surface area contributed by atoms with Gasteiger partial charge in [0.25, 0.3) is 11.8 Å². The van der Waals surface area contributed by atoms with Crippen molar-refractivity contribution in [2.75, 3.05) is 5.32 Å². The van der Waals surface area contributed by atoms with Crippen LogP contribution in [0, 0.1) is 0 Å². The van der Waals surface area contributed by atoms with Crippen LogP contribution in [0.5, 0.6) is 0 Å². The minimum atomic E-state index is -0.355. The van der Waals surface area contributed by atoms with E-state index in [-0.39, 0.29) is 22.0 Å². The van der Waals surface area contributed by atoms with Crippen LogP contribution in [0.3, 0.4) is 0 Å². The summed E-state index contributed by atoms with van der Waals surface area (Å²) in [4.78, 5) is 27.8. The zero-order valence-electron chi connectivity index (χ0n) is 12.0. The van der Waals surface area contributed by atoms with Gasteiger partial charge in [-0.05, 0) is 43.2 Å². The van der Waals surface area contributed by atoms with Crippen LogP contribution in [0.2, 0.25) is 10.2 Å². The van der Waals surface area contributed by atoms with E-state index in [4.69, 9.17) is 23.2 Å². The van der Waals surface area contributed by atoms with E-state index < -0.39 is 0 Å². The van der Waals surface area contributed by atoms with Crippen molar-refractivity contribution in [2.24, 2.45) is 0 Å². The van der Waals surface area contributed by atoms with Crippen molar-refractivity contribution in [2.45, 2.75) is 18.9 Å². The fourth-order valence-corrected chi connectivity index (χ4v) is 2.22. The molecule has 2 amide bonds. The first-order valence-electron chi connectivity index (χ1n) is 7.06. The third-order valence-corrected chi connectivity index (χ3v) is 4.06. The largest absolute Gasteiger partial charge is 0.349 e. The highest BCUT2D eigenvalue weighted by Crippen LogP contribution is 2.21. The lowest BCUT2D eigenvalue weighted by Gasteiger charge is -2.07. The number of amides is 2. The van der Waals surface area contributed by atoms with E-state index in [9.17, 15) is 9.59 Å². The maximum atomic E-state index is 12.1. The van der Waals surface area contributed by atoms with E-state index in [0.717, 1.165) is 12.8 Å². The normalized spacial score (nSPS) is 13.5. The lowest BCUT2D eigenvalue weighted by Crippen LogP contribution is -2.25. The summed E-state index contributed by atoms with van der Waals surface area (Å²) in [6.07, 6.45) is 3.43. The molecule has 1 aromatic carbocycles. The SMILES string of the molecule is O=C(Nc1ccc(C(=O)NC2CC2)cc1)c1cnc(Cl)c(Cl)c1. The number of aromatic nitrogens is 1. The van der Waals surface area contributed by atoms with Gasteiger partial charge in [0, 0.05) is 23.5 Å². The van der Waals surface area contributed by atoms with E-state index in [1.165, 1.54) is 12.3 Å². The van der Waals surface area contributed by atoms with Gasteiger partial charge in [-0.2, -0.15) is 0 Å². The molecule has 2 N–H and O–H groups in total. The standard InChI is InChI=1S/C16H13Cl2N3O2/c17-13-7-10(8-19-14(13)18)16(23)21-11-3-1-9(2-4-11)15(22)20-12-5-6-12/h1-4,7-8,12H,5-6H2,(H,20,22)(H,21,23). The minimum Gasteiger partial charge on any atom is -0.349 e. The molecule has 0 atom stereocenters. The summed E-state index contributed by atoms with van der Waals surface area (Å²) in [5.41, 5.74) is 1.44. The second kappa shape index (κ2) is 6.56. The molecule has 5 nitrogen and oxygen atoms in total. The number of rotatable bonds is 4. The minimum absolute atomic E-state index is 0.0981. The zero-order valence-corrected chi connectivity index (χ0v) is 13.5. The quantitative estimate of drug-likeness (QED) is 0.829. The number of carbonyl (C=O) groups is 2. The van der Waals surface area contributed by atoms with Crippen LogP contribution >= 0.6 is 23.2 Å². The number of anilines is 1. The highest BCUT2D eigenvalue weighted by atomic mass is 35.5. The highest BCUT2D eigenvalue weighted by Gasteiger charge is 2.23. The molecule has 0 saturated heterocycles. The number of hydrogen-bond acceptors (Lipinski definition) is 3. The summed E-state index contributed by atoms with van der Waals surface area (Å²) in [7, 11) is 0. The van der Waals surface area contributed by atoms with E-state index in [0.29, 0.717) is 22.9 Å². The van der Waals surface area contributed by atoms with Gasteiger partial charge in [0.15, 0.2) is 0 Å². The molecule has 3 rings (SSSR count). The number of hydrogen-bond donors (Lipinski definition) is 2. The lowest BCUT2D eigenvalue weighted by atomic mass is 10.2. The lowest BCUT2D eigenvalue weighted by molar-refractivity contribution is 0.0950. The molecule has 0 radical (unpaired) electrons.